The molecule has 10 heteroatoms. The Bertz CT molecular complexity index is 9.80. The summed E-state index contributed by atoms with van der Waals surface area (Å²) in [6, 6.07) is 0. The maximum Gasteiger partial charge on any atom is 0.0662 e. The van der Waals surface area contributed by atoms with Gasteiger partial charge in [0.2, 0.25) is 0 Å². The van der Waals surface area contributed by atoms with Crippen molar-refractivity contribution >= 4 is 0 Å². The highest BCUT2D eigenvalue weighted by Crippen LogP contribution is 1.39. The summed E-state index contributed by atoms with van der Waals surface area (Å²) in [7, 11) is 0. The van der Waals surface area contributed by atoms with Crippen LogP contribution in [0.2, 0.25) is 0 Å². The maximum atomic E-state index is 7.62. The largest absolute Gasteiger partial charge is 0.412 e. The van der Waals surface area contributed by atoms with E-state index in [1.165, 1.54) is 0 Å². The molecule has 90 valence electrons. The first-order valence-corrected chi connectivity index (χ1v) is 1.13. The second kappa shape index (κ2) is 382. The van der Waals surface area contributed by atoms with Crippen LogP contribution in [0.4, 0.5) is 0 Å². The Kier molecular flexibility index (Phi) is 6130. The molecule has 0 aliphatic heterocycles. The van der Waals surface area contributed by atoms with Gasteiger partial charge in [-0.25, -0.2) is 0 Å². The second-order valence-corrected chi connectivity index (χ2v) is 0.447. The van der Waals surface area contributed by atoms with E-state index in [0.29, 0.717) is 0 Å². The van der Waals surface area contributed by atoms with Crippen molar-refractivity contribution in [2.24, 2.45) is 0 Å². The predicted octanol–water partition coefficient (Wildman–Crippen LogP) is -7.63. The smallest absolute Gasteiger partial charge is 0.0662 e. The lowest BCUT2D eigenvalue weighted by atomic mass is 10.8. The van der Waals surface area contributed by atoms with E-state index < -0.39 is 0 Å². The summed E-state index contributed by atoms with van der Waals surface area (Å²) < 4.78 is 0. The average Bonchev–Trinajstić information content (AvgIpc) is 1.37. The van der Waals surface area contributed by atoms with Gasteiger partial charge in [0.25, 0.3) is 0 Å². The van der Waals surface area contributed by atoms with Gasteiger partial charge in [-0.05, 0) is 0 Å². The number of rotatable bonds is 1. The van der Waals surface area contributed by atoms with Crippen molar-refractivity contribution < 1.29 is 54.0 Å². The van der Waals surface area contributed by atoms with Gasteiger partial charge in [0.1, 0.15) is 0 Å². The van der Waals surface area contributed by atoms with Gasteiger partial charge in [-0.15, -0.1) is 0 Å². The fourth-order valence-electron chi connectivity index (χ4n) is 0. The number of hydrogen-bond donors (Lipinski definition) is 2. The van der Waals surface area contributed by atoms with E-state index in [1.807, 2.05) is 0 Å². The molecule has 0 aliphatic rings. The highest BCUT2D eigenvalue weighted by molar-refractivity contribution is 4.06. The lowest BCUT2D eigenvalue weighted by Gasteiger charge is -1.70. The fourth-order valence-corrected chi connectivity index (χ4v) is 0. The van der Waals surface area contributed by atoms with Crippen LogP contribution < -0.4 is 0 Å². The first-order valence-electron chi connectivity index (χ1n) is 1.13. The summed E-state index contributed by atoms with van der Waals surface area (Å²) in [4.78, 5) is 0. The molecule has 18 N–H and O–H groups in total. The first kappa shape index (κ1) is 193. The van der Waals surface area contributed by atoms with Gasteiger partial charge in [0.15, 0.2) is 0 Å². The topological polar surface area (TPSA) is 292 Å². The van der Waals surface area contributed by atoms with Crippen LogP contribution in [0.1, 0.15) is 0 Å². The maximum absolute atomic E-state index is 7.62. The minimum atomic E-state index is -0.125. The normalized spacial score (nSPS) is 2.50. The van der Waals surface area contributed by atoms with Crippen molar-refractivity contribution in [2.45, 2.75) is 0 Å². The van der Waals surface area contributed by atoms with E-state index in [2.05, 4.69) is 0 Å². The summed E-state index contributed by atoms with van der Waals surface area (Å²) in [6.07, 6.45) is 0. The Morgan fingerprint density at radius 1 is 0.417 bits per heavy atom. The molecule has 0 aliphatic carbocycles. The lowest BCUT2D eigenvalue weighted by molar-refractivity contribution is 0.186. The van der Waals surface area contributed by atoms with Crippen LogP contribution in [-0.2, 0) is 0 Å². The second-order valence-electron chi connectivity index (χ2n) is 0.447. The van der Waals surface area contributed by atoms with Gasteiger partial charge in [0, 0.05) is 0 Å². The SMILES string of the molecule is O.O.O.O.O.O.O.O.OCCO. The molecule has 0 saturated carbocycles. The molecule has 0 bridgehead atoms. The minimum Gasteiger partial charge on any atom is -0.412 e. The summed E-state index contributed by atoms with van der Waals surface area (Å²) in [5.74, 6) is 0. The molecule has 0 spiro atoms. The van der Waals surface area contributed by atoms with Gasteiger partial charge < -0.3 is 54.0 Å². The molecule has 12 heavy (non-hydrogen) atoms. The first-order chi connectivity index (χ1) is 1.91. The van der Waals surface area contributed by atoms with Crippen LogP contribution in [0.5, 0.6) is 0 Å². The molecule has 0 rings (SSSR count). The summed E-state index contributed by atoms with van der Waals surface area (Å²) in [5, 5.41) is 15.2. The van der Waals surface area contributed by atoms with Crippen LogP contribution >= 0.6 is 0 Å². The number of aliphatic hydroxyl groups excluding tert-OH is 2. The van der Waals surface area contributed by atoms with Gasteiger partial charge in [-0.1, -0.05) is 0 Å². The Hall–Kier alpha value is -0.400. The molecule has 0 aromatic carbocycles. The summed E-state index contributed by atoms with van der Waals surface area (Å²) >= 11 is 0. The highest BCUT2D eigenvalue weighted by atomic mass is 16.3. The lowest BCUT2D eigenvalue weighted by Crippen LogP contribution is -1.85. The third kappa shape index (κ3) is 1970. The molecule has 0 radical (unpaired) electrons. The van der Waals surface area contributed by atoms with E-state index in [9.17, 15) is 0 Å². The van der Waals surface area contributed by atoms with Crippen LogP contribution in [0, 0.1) is 0 Å². The Morgan fingerprint density at radius 3 is 0.500 bits per heavy atom. The standard InChI is InChI=1S/C2H6O2.8H2O/c3-1-2-4;;;;;;;;/h3-4H,1-2H2;8*1H2. The monoisotopic (exact) mass is 206 g/mol. The molecular formula is C2H22O10. The molecule has 0 unspecified atom stereocenters. The van der Waals surface area contributed by atoms with Crippen molar-refractivity contribution in [1.82, 2.24) is 0 Å². The number of hydrogen-bond acceptors (Lipinski definition) is 2. The summed E-state index contributed by atoms with van der Waals surface area (Å²) in [6.45, 7) is -0.250. The third-order valence-corrected chi connectivity index (χ3v) is 0.1000. The molecular weight excluding hydrogens is 184 g/mol. The molecule has 0 aromatic heterocycles. The fraction of sp³-hybridized carbons (Fsp3) is 1.00. The van der Waals surface area contributed by atoms with Crippen molar-refractivity contribution in [3.63, 3.8) is 0 Å². The van der Waals surface area contributed by atoms with E-state index in [0.717, 1.165) is 0 Å². The van der Waals surface area contributed by atoms with Crippen molar-refractivity contribution in [3.8, 4) is 0 Å². The van der Waals surface area contributed by atoms with Crippen molar-refractivity contribution in [2.75, 3.05) is 13.2 Å². The molecule has 10 nitrogen and oxygen atoms in total. The van der Waals surface area contributed by atoms with E-state index in [4.69, 9.17) is 10.2 Å². The zero-order valence-corrected chi connectivity index (χ0v) is 6.31. The molecule has 0 aromatic rings. The van der Waals surface area contributed by atoms with E-state index in [-0.39, 0.29) is 57.0 Å². The van der Waals surface area contributed by atoms with Crippen LogP contribution in [-0.4, -0.2) is 67.2 Å². The zero-order valence-electron chi connectivity index (χ0n) is 6.31. The van der Waals surface area contributed by atoms with E-state index >= 15 is 0 Å². The third-order valence-electron chi connectivity index (χ3n) is 0.1000. The Balaban J connectivity index is -0.00000000161. The van der Waals surface area contributed by atoms with Crippen molar-refractivity contribution in [3.05, 3.63) is 0 Å². The molecule has 0 amide bonds. The van der Waals surface area contributed by atoms with Crippen LogP contribution in [0.3, 0.4) is 0 Å². The molecule has 0 fully saturated rings. The van der Waals surface area contributed by atoms with Gasteiger partial charge in [-0.2, -0.15) is 0 Å². The quantitative estimate of drug-likeness (QED) is 0.422. The number of aliphatic hydroxyl groups is 2. The van der Waals surface area contributed by atoms with Gasteiger partial charge >= 0.3 is 0 Å². The van der Waals surface area contributed by atoms with E-state index in [1.54, 1.807) is 0 Å². The van der Waals surface area contributed by atoms with Crippen molar-refractivity contribution in [1.29, 1.82) is 0 Å². The molecule has 0 heterocycles. The van der Waals surface area contributed by atoms with Gasteiger partial charge in [0.05, 0.1) is 13.2 Å². The molecule has 0 atom stereocenters. The van der Waals surface area contributed by atoms with Gasteiger partial charge in [-0.3, -0.25) is 0 Å². The van der Waals surface area contributed by atoms with Crippen LogP contribution in [0.15, 0.2) is 0 Å². The predicted molar refractivity (Wildman–Crippen MR) is 43.1 cm³/mol. The average molecular weight is 206 g/mol. The highest BCUT2D eigenvalue weighted by Gasteiger charge is 1.58. The Morgan fingerprint density at radius 2 is 0.500 bits per heavy atom. The minimum absolute atomic E-state index is 0. The Labute approximate surface area is 68.5 Å². The zero-order chi connectivity index (χ0) is 3.41. The molecule has 0 saturated heterocycles. The van der Waals surface area contributed by atoms with Crippen LogP contribution in [0.25, 0.3) is 0 Å². The summed E-state index contributed by atoms with van der Waals surface area (Å²) in [5.41, 5.74) is 0.